The summed E-state index contributed by atoms with van der Waals surface area (Å²) in [5, 5.41) is 4.36. The molecular formula is C14H14Cl2N4. The largest absolute Gasteiger partial charge is 0.383 e. The molecule has 20 heavy (non-hydrogen) atoms. The van der Waals surface area contributed by atoms with E-state index in [2.05, 4.69) is 26.3 Å². The lowest BCUT2D eigenvalue weighted by atomic mass is 10.00. The van der Waals surface area contributed by atoms with Crippen LogP contribution in [0.15, 0.2) is 24.5 Å². The van der Waals surface area contributed by atoms with Gasteiger partial charge in [-0.1, -0.05) is 35.3 Å². The van der Waals surface area contributed by atoms with E-state index in [0.29, 0.717) is 5.15 Å². The third-order valence-electron chi connectivity index (χ3n) is 3.54. The molecule has 1 aromatic carbocycles. The van der Waals surface area contributed by atoms with E-state index in [1.807, 2.05) is 19.2 Å². The van der Waals surface area contributed by atoms with Crippen LogP contribution in [0.2, 0.25) is 10.2 Å². The van der Waals surface area contributed by atoms with Gasteiger partial charge in [-0.3, -0.25) is 0 Å². The molecule has 0 saturated carbocycles. The highest BCUT2D eigenvalue weighted by Crippen LogP contribution is 2.33. The Morgan fingerprint density at radius 2 is 2.10 bits per heavy atom. The maximum Gasteiger partial charge on any atom is 0.157 e. The quantitative estimate of drug-likeness (QED) is 0.863. The molecule has 0 spiro atoms. The molecule has 1 N–H and O–H groups in total. The number of benzene rings is 1. The van der Waals surface area contributed by atoms with Gasteiger partial charge >= 0.3 is 0 Å². The van der Waals surface area contributed by atoms with Crippen LogP contribution in [0.4, 0.5) is 11.5 Å². The van der Waals surface area contributed by atoms with Crippen LogP contribution in [-0.4, -0.2) is 23.6 Å². The Morgan fingerprint density at radius 3 is 2.90 bits per heavy atom. The lowest BCUT2D eigenvalue weighted by molar-refractivity contribution is 0.720. The highest BCUT2D eigenvalue weighted by molar-refractivity contribution is 6.32. The molecular weight excluding hydrogens is 295 g/mol. The first-order chi connectivity index (χ1) is 9.70. The summed E-state index contributed by atoms with van der Waals surface area (Å²) >= 11 is 12.4. The fourth-order valence-electron chi connectivity index (χ4n) is 2.55. The number of aromatic nitrogens is 2. The maximum atomic E-state index is 6.24. The zero-order chi connectivity index (χ0) is 14.1. The molecule has 0 atom stereocenters. The Kier molecular flexibility index (Phi) is 3.68. The van der Waals surface area contributed by atoms with Crippen LogP contribution in [0.1, 0.15) is 11.1 Å². The molecule has 2 heterocycles. The van der Waals surface area contributed by atoms with Crippen LogP contribution in [0.3, 0.4) is 0 Å². The van der Waals surface area contributed by atoms with Gasteiger partial charge in [0.25, 0.3) is 0 Å². The number of hydrogen-bond acceptors (Lipinski definition) is 4. The summed E-state index contributed by atoms with van der Waals surface area (Å²) in [6.45, 7) is 1.64. The van der Waals surface area contributed by atoms with Crippen molar-refractivity contribution in [3.05, 3.63) is 45.8 Å². The highest BCUT2D eigenvalue weighted by atomic mass is 35.5. The van der Waals surface area contributed by atoms with Gasteiger partial charge in [-0.25, -0.2) is 9.97 Å². The van der Waals surface area contributed by atoms with Gasteiger partial charge in [0, 0.05) is 25.2 Å². The minimum absolute atomic E-state index is 0.439. The van der Waals surface area contributed by atoms with Gasteiger partial charge in [0.1, 0.15) is 12.0 Å². The van der Waals surface area contributed by atoms with E-state index in [0.717, 1.165) is 36.0 Å². The standard InChI is InChI=1S/C14H14Cl2N4/c1-17-12-13(16)18-8-19-14(12)20-6-5-10-9(7-20)3-2-4-11(10)15/h2-4,8,17H,5-7H2,1H3. The molecule has 3 rings (SSSR count). The average Bonchev–Trinajstić information content (AvgIpc) is 2.47. The fraction of sp³-hybridized carbons (Fsp3) is 0.286. The average molecular weight is 309 g/mol. The molecule has 1 aromatic heterocycles. The number of hydrogen-bond donors (Lipinski definition) is 1. The minimum Gasteiger partial charge on any atom is -0.383 e. The van der Waals surface area contributed by atoms with E-state index in [1.165, 1.54) is 17.5 Å². The van der Waals surface area contributed by atoms with Crippen LogP contribution in [0, 0.1) is 0 Å². The number of halogens is 2. The van der Waals surface area contributed by atoms with Gasteiger partial charge in [0.2, 0.25) is 0 Å². The van der Waals surface area contributed by atoms with Gasteiger partial charge in [0.05, 0.1) is 0 Å². The van der Waals surface area contributed by atoms with Gasteiger partial charge in [-0.15, -0.1) is 0 Å². The summed E-state index contributed by atoms with van der Waals surface area (Å²) in [5.41, 5.74) is 3.23. The predicted octanol–water partition coefficient (Wildman–Crippen LogP) is 3.39. The van der Waals surface area contributed by atoms with Gasteiger partial charge in [0.15, 0.2) is 11.0 Å². The molecule has 1 aliphatic rings. The Morgan fingerprint density at radius 1 is 1.25 bits per heavy atom. The number of nitrogens with zero attached hydrogens (tertiary/aromatic N) is 3. The molecule has 104 valence electrons. The lowest BCUT2D eigenvalue weighted by Gasteiger charge is -2.31. The van der Waals surface area contributed by atoms with Gasteiger partial charge < -0.3 is 10.2 Å². The molecule has 2 aromatic rings. The van der Waals surface area contributed by atoms with E-state index < -0.39 is 0 Å². The van der Waals surface area contributed by atoms with Crippen molar-refractivity contribution in [3.8, 4) is 0 Å². The van der Waals surface area contributed by atoms with Crippen molar-refractivity contribution in [2.45, 2.75) is 13.0 Å². The van der Waals surface area contributed by atoms with Crippen molar-refractivity contribution >= 4 is 34.7 Å². The number of fused-ring (bicyclic) bond motifs is 1. The first-order valence-electron chi connectivity index (χ1n) is 6.40. The van der Waals surface area contributed by atoms with E-state index in [-0.39, 0.29) is 0 Å². The molecule has 0 fully saturated rings. The summed E-state index contributed by atoms with van der Waals surface area (Å²) < 4.78 is 0. The summed E-state index contributed by atoms with van der Waals surface area (Å²) in [5.74, 6) is 0.832. The van der Waals surface area contributed by atoms with Crippen molar-refractivity contribution in [1.29, 1.82) is 0 Å². The van der Waals surface area contributed by atoms with Gasteiger partial charge in [-0.05, 0) is 23.6 Å². The van der Waals surface area contributed by atoms with Crippen molar-refractivity contribution in [3.63, 3.8) is 0 Å². The molecule has 4 nitrogen and oxygen atoms in total. The third kappa shape index (κ3) is 2.30. The molecule has 0 saturated heterocycles. The van der Waals surface area contributed by atoms with E-state index in [9.17, 15) is 0 Å². The number of nitrogens with one attached hydrogen (secondary N) is 1. The minimum atomic E-state index is 0.439. The molecule has 0 aliphatic carbocycles. The zero-order valence-corrected chi connectivity index (χ0v) is 12.5. The van der Waals surface area contributed by atoms with Crippen LogP contribution >= 0.6 is 23.2 Å². The third-order valence-corrected chi connectivity index (χ3v) is 4.18. The number of rotatable bonds is 2. The molecule has 0 radical (unpaired) electrons. The highest BCUT2D eigenvalue weighted by Gasteiger charge is 2.22. The molecule has 6 heteroatoms. The smallest absolute Gasteiger partial charge is 0.157 e. The second-order valence-electron chi connectivity index (χ2n) is 4.66. The molecule has 0 amide bonds. The van der Waals surface area contributed by atoms with Crippen molar-refractivity contribution in [2.75, 3.05) is 23.8 Å². The monoisotopic (exact) mass is 308 g/mol. The van der Waals surface area contributed by atoms with Crippen molar-refractivity contribution in [2.24, 2.45) is 0 Å². The zero-order valence-electron chi connectivity index (χ0n) is 11.0. The SMILES string of the molecule is CNc1c(Cl)ncnc1N1CCc2c(Cl)cccc2C1. The van der Waals surface area contributed by atoms with Crippen LogP contribution in [-0.2, 0) is 13.0 Å². The Hall–Kier alpha value is -1.52. The van der Waals surface area contributed by atoms with E-state index in [1.54, 1.807) is 0 Å². The second kappa shape index (κ2) is 5.46. The van der Waals surface area contributed by atoms with Gasteiger partial charge in [-0.2, -0.15) is 0 Å². The summed E-state index contributed by atoms with van der Waals surface area (Å²) in [4.78, 5) is 10.6. The summed E-state index contributed by atoms with van der Waals surface area (Å²) in [6, 6.07) is 6.03. The second-order valence-corrected chi connectivity index (χ2v) is 5.43. The Balaban J connectivity index is 1.97. The first-order valence-corrected chi connectivity index (χ1v) is 7.15. The normalized spacial score (nSPS) is 14.1. The Labute approximate surface area is 127 Å². The van der Waals surface area contributed by atoms with Crippen LogP contribution in [0.25, 0.3) is 0 Å². The summed E-state index contributed by atoms with van der Waals surface area (Å²) in [6.07, 6.45) is 2.39. The molecule has 0 unspecified atom stereocenters. The summed E-state index contributed by atoms with van der Waals surface area (Å²) in [7, 11) is 1.82. The van der Waals surface area contributed by atoms with Crippen molar-refractivity contribution < 1.29 is 0 Å². The number of anilines is 2. The predicted molar refractivity (Wildman–Crippen MR) is 82.8 cm³/mol. The lowest BCUT2D eigenvalue weighted by Crippen LogP contribution is -2.31. The molecule has 0 bridgehead atoms. The van der Waals surface area contributed by atoms with E-state index in [4.69, 9.17) is 23.2 Å². The first kappa shape index (κ1) is 13.5. The fourth-order valence-corrected chi connectivity index (χ4v) is 3.07. The van der Waals surface area contributed by atoms with Crippen LogP contribution < -0.4 is 10.2 Å². The van der Waals surface area contributed by atoms with Crippen LogP contribution in [0.5, 0.6) is 0 Å². The molecule has 1 aliphatic heterocycles. The van der Waals surface area contributed by atoms with Crippen molar-refractivity contribution in [1.82, 2.24) is 9.97 Å². The Bertz CT molecular complexity index is 645. The maximum absolute atomic E-state index is 6.24. The topological polar surface area (TPSA) is 41.1 Å². The van der Waals surface area contributed by atoms with E-state index >= 15 is 0 Å².